The Bertz CT molecular complexity index is 1900. The molecule has 0 saturated carbocycles. The Labute approximate surface area is 490 Å². The molecule has 2 unspecified atom stereocenters. The maximum absolute atomic E-state index is 12.8. The predicted molar refractivity (Wildman–Crippen MR) is 343 cm³/mol. The maximum atomic E-state index is 12.8. The van der Waals surface area contributed by atoms with Gasteiger partial charge >= 0.3 is 19.8 Å². The number of phosphoric acid groups is 1. The molecule has 0 aliphatic heterocycles. The summed E-state index contributed by atoms with van der Waals surface area (Å²) in [6.45, 7) is 4.10. The molecule has 0 aliphatic carbocycles. The topological polar surface area (TPSA) is 108 Å². The third-order valence-corrected chi connectivity index (χ3v) is 13.6. The number of nitrogens with zero attached hydrogens (tertiary/aromatic N) is 1. The summed E-state index contributed by atoms with van der Waals surface area (Å²) in [5, 5.41) is 0. The summed E-state index contributed by atoms with van der Waals surface area (Å²) >= 11 is 0. The number of allylic oxidation sites excluding steroid dienone is 26. The van der Waals surface area contributed by atoms with Gasteiger partial charge in [0.1, 0.15) is 19.8 Å². The van der Waals surface area contributed by atoms with Crippen LogP contribution in [-0.4, -0.2) is 74.9 Å². The minimum atomic E-state index is -4.41. The number of quaternary nitrogens is 1. The third kappa shape index (κ3) is 62.8. The first-order valence-electron chi connectivity index (χ1n) is 31.2. The molecule has 0 radical (unpaired) electrons. The van der Waals surface area contributed by atoms with E-state index >= 15 is 0 Å². The van der Waals surface area contributed by atoms with Crippen LogP contribution in [0.15, 0.2) is 158 Å². The Kier molecular flexibility index (Phi) is 56.0. The summed E-state index contributed by atoms with van der Waals surface area (Å²) in [5.74, 6) is -0.904. The maximum Gasteiger partial charge on any atom is 0.472 e. The minimum absolute atomic E-state index is 0.0129. The van der Waals surface area contributed by atoms with Crippen molar-refractivity contribution in [2.24, 2.45) is 0 Å². The summed E-state index contributed by atoms with van der Waals surface area (Å²) in [6, 6.07) is 0. The summed E-state index contributed by atoms with van der Waals surface area (Å²) in [5.41, 5.74) is 0. The quantitative estimate of drug-likeness (QED) is 0.0211. The second-order valence-electron chi connectivity index (χ2n) is 21.3. The second-order valence-corrected chi connectivity index (χ2v) is 22.8. The molecule has 0 heterocycles. The predicted octanol–water partition coefficient (Wildman–Crippen LogP) is 20.0. The summed E-state index contributed by atoms with van der Waals surface area (Å²) in [4.78, 5) is 35.7. The highest BCUT2D eigenvalue weighted by atomic mass is 31.2. The number of ether oxygens (including phenoxy) is 2. The zero-order chi connectivity index (χ0) is 58.4. The van der Waals surface area contributed by atoms with Crippen LogP contribution in [0.3, 0.4) is 0 Å². The lowest BCUT2D eigenvalue weighted by atomic mass is 10.0. The molecule has 0 saturated heterocycles. The number of carbonyl (C=O) groups is 2. The number of unbranched alkanes of at least 4 members (excludes halogenated alkanes) is 15. The van der Waals surface area contributed by atoms with Crippen molar-refractivity contribution in [3.05, 3.63) is 158 Å². The highest BCUT2D eigenvalue weighted by Crippen LogP contribution is 2.43. The summed E-state index contributed by atoms with van der Waals surface area (Å²) < 4.78 is 34.5. The zero-order valence-electron chi connectivity index (χ0n) is 51.2. The van der Waals surface area contributed by atoms with Gasteiger partial charge in [-0.05, 0) is 109 Å². The molecule has 80 heavy (non-hydrogen) atoms. The van der Waals surface area contributed by atoms with Crippen molar-refractivity contribution in [1.82, 2.24) is 0 Å². The average molecular weight is 1130 g/mol. The van der Waals surface area contributed by atoms with Crippen LogP contribution in [0.4, 0.5) is 0 Å². The van der Waals surface area contributed by atoms with Crippen LogP contribution in [0.25, 0.3) is 0 Å². The van der Waals surface area contributed by atoms with E-state index in [-0.39, 0.29) is 26.1 Å². The van der Waals surface area contributed by atoms with Crippen molar-refractivity contribution in [2.75, 3.05) is 47.5 Å². The molecule has 9 nitrogen and oxygen atoms in total. The van der Waals surface area contributed by atoms with Gasteiger partial charge < -0.3 is 18.9 Å². The van der Waals surface area contributed by atoms with E-state index in [1.54, 1.807) is 0 Å². The standard InChI is InChI=1S/C70H114NO8P/c1-6-8-10-12-14-16-18-20-22-24-26-27-28-29-30-31-32-33-34-35-36-37-38-39-40-41-42-43-45-47-49-51-53-55-57-59-61-63-70(73)79-68(67-78-80(74,75)77-65-64-71(3,4)5)66-76-69(72)62-60-58-56-54-52-50-48-46-44-25-23-21-19-17-15-13-11-9-7-2/h8-11,14-17,20-23,26-27,29-30,32-33,35-36,44,46,50,52,56,58,68H,6-7,12-13,18-19,24-25,28,31,34,37-43,45,47-49,51,53-55,57,59-67H2,1-5H3/p+1/b10-8-,11-9-,16-14-,17-15-,22-20-,23-21-,27-26-,30-29-,33-32-,36-35-,46-44-,52-50-,58-56-. The van der Waals surface area contributed by atoms with Crippen LogP contribution in [0.2, 0.25) is 0 Å². The Morgan fingerprint density at radius 3 is 1.05 bits per heavy atom. The van der Waals surface area contributed by atoms with E-state index in [0.717, 1.165) is 103 Å². The summed E-state index contributed by atoms with van der Waals surface area (Å²) in [6.07, 6.45) is 89.2. The Morgan fingerprint density at radius 2 is 0.700 bits per heavy atom. The van der Waals surface area contributed by atoms with Gasteiger partial charge in [0, 0.05) is 12.8 Å². The average Bonchev–Trinajstić information content (AvgIpc) is 3.42. The van der Waals surface area contributed by atoms with Gasteiger partial charge in [0.15, 0.2) is 6.10 Å². The lowest BCUT2D eigenvalue weighted by molar-refractivity contribution is -0.870. The van der Waals surface area contributed by atoms with Gasteiger partial charge in [-0.1, -0.05) is 255 Å². The highest BCUT2D eigenvalue weighted by Gasteiger charge is 2.27. The lowest BCUT2D eigenvalue weighted by Gasteiger charge is -2.24. The molecule has 0 aromatic rings. The van der Waals surface area contributed by atoms with Crippen LogP contribution in [0, 0.1) is 0 Å². The first-order chi connectivity index (χ1) is 39.0. The second kappa shape index (κ2) is 59.3. The van der Waals surface area contributed by atoms with Gasteiger partial charge in [-0.15, -0.1) is 0 Å². The van der Waals surface area contributed by atoms with Crippen LogP contribution in [-0.2, 0) is 32.7 Å². The zero-order valence-corrected chi connectivity index (χ0v) is 52.1. The summed E-state index contributed by atoms with van der Waals surface area (Å²) in [7, 11) is 1.42. The van der Waals surface area contributed by atoms with Gasteiger partial charge in [-0.2, -0.15) is 0 Å². The molecule has 0 fully saturated rings. The smallest absolute Gasteiger partial charge is 0.462 e. The number of likely N-dealkylation sites (N-methyl/N-ethyl adjacent to an activating group) is 1. The van der Waals surface area contributed by atoms with E-state index in [9.17, 15) is 19.0 Å². The number of esters is 2. The van der Waals surface area contributed by atoms with Crippen LogP contribution >= 0.6 is 7.82 Å². The van der Waals surface area contributed by atoms with Gasteiger partial charge in [-0.25, -0.2) is 4.57 Å². The molecular formula is C70H115NO8P+. The van der Waals surface area contributed by atoms with Crippen molar-refractivity contribution in [3.63, 3.8) is 0 Å². The van der Waals surface area contributed by atoms with Crippen LogP contribution in [0.1, 0.15) is 219 Å². The Morgan fingerprint density at radius 1 is 0.388 bits per heavy atom. The monoisotopic (exact) mass is 1130 g/mol. The first kappa shape index (κ1) is 75.6. The fourth-order valence-corrected chi connectivity index (χ4v) is 8.59. The van der Waals surface area contributed by atoms with Gasteiger partial charge in [0.25, 0.3) is 0 Å². The Hall–Kier alpha value is -4.37. The molecule has 0 aliphatic rings. The van der Waals surface area contributed by atoms with E-state index in [1.807, 2.05) is 33.3 Å². The van der Waals surface area contributed by atoms with E-state index in [1.165, 1.54) is 77.0 Å². The first-order valence-corrected chi connectivity index (χ1v) is 32.7. The molecule has 452 valence electrons. The van der Waals surface area contributed by atoms with Crippen molar-refractivity contribution in [3.8, 4) is 0 Å². The van der Waals surface area contributed by atoms with Gasteiger partial charge in [-0.3, -0.25) is 18.6 Å². The van der Waals surface area contributed by atoms with Crippen molar-refractivity contribution < 1.29 is 42.1 Å². The fourth-order valence-electron chi connectivity index (χ4n) is 7.84. The molecule has 0 aromatic heterocycles. The molecular weight excluding hydrogens is 1010 g/mol. The van der Waals surface area contributed by atoms with E-state index in [2.05, 4.69) is 160 Å². The number of hydrogen-bond acceptors (Lipinski definition) is 7. The highest BCUT2D eigenvalue weighted by molar-refractivity contribution is 7.47. The molecule has 1 N–H and O–H groups in total. The number of phosphoric ester groups is 1. The molecule has 0 amide bonds. The number of hydrogen-bond donors (Lipinski definition) is 1. The largest absolute Gasteiger partial charge is 0.472 e. The van der Waals surface area contributed by atoms with Gasteiger partial charge in [0.2, 0.25) is 0 Å². The van der Waals surface area contributed by atoms with Crippen molar-refractivity contribution >= 4 is 19.8 Å². The molecule has 0 aromatic carbocycles. The van der Waals surface area contributed by atoms with Gasteiger partial charge in [0.05, 0.1) is 27.7 Å². The number of carbonyl (C=O) groups excluding carboxylic acids is 2. The fraction of sp³-hybridized carbons (Fsp3) is 0.600. The van der Waals surface area contributed by atoms with E-state index in [0.29, 0.717) is 23.9 Å². The third-order valence-electron chi connectivity index (χ3n) is 12.6. The van der Waals surface area contributed by atoms with E-state index < -0.39 is 32.5 Å². The normalized spacial score (nSPS) is 14.3. The van der Waals surface area contributed by atoms with Crippen LogP contribution < -0.4 is 0 Å². The van der Waals surface area contributed by atoms with Crippen molar-refractivity contribution in [1.29, 1.82) is 0 Å². The molecule has 0 spiro atoms. The minimum Gasteiger partial charge on any atom is -0.462 e. The lowest BCUT2D eigenvalue weighted by Crippen LogP contribution is -2.37. The Balaban J connectivity index is 4.15. The molecule has 10 heteroatoms. The molecule has 2 atom stereocenters. The SMILES string of the molecule is CC/C=C\C/C=C\C/C=C\C/C=C\C/C=C\C/C=C\C/C=C\CCCCCCCCCCCCCCCCCC(=O)OC(COC(=O)CC/C=C\C/C=C\C/C=C\C/C=C\C/C=C\C/C=C\CC)COP(=O)(O)OCC[N+](C)(C)C. The molecule has 0 bridgehead atoms. The van der Waals surface area contributed by atoms with Crippen LogP contribution in [0.5, 0.6) is 0 Å². The van der Waals surface area contributed by atoms with E-state index in [4.69, 9.17) is 18.5 Å². The number of rotatable bonds is 55. The molecule has 0 rings (SSSR count). The van der Waals surface area contributed by atoms with Crippen molar-refractivity contribution in [2.45, 2.75) is 225 Å².